The van der Waals surface area contributed by atoms with Crippen LogP contribution in [-0.2, 0) is 26.6 Å². The van der Waals surface area contributed by atoms with Gasteiger partial charge >= 0.3 is 5.97 Å². The molecule has 2 aromatic carbocycles. The summed E-state index contributed by atoms with van der Waals surface area (Å²) in [5.41, 5.74) is 2.52. The first kappa shape index (κ1) is 33.8. The van der Waals surface area contributed by atoms with E-state index in [9.17, 15) is 18.3 Å². The number of nitrogens with two attached hydrogens (primary N) is 1. The van der Waals surface area contributed by atoms with Crippen LogP contribution in [0.4, 0.5) is 5.69 Å². The van der Waals surface area contributed by atoms with Crippen molar-refractivity contribution in [3.63, 3.8) is 0 Å². The van der Waals surface area contributed by atoms with Gasteiger partial charge in [-0.2, -0.15) is 0 Å². The standard InChI is InChI=1S/C35H47ClN2O6S/c1-23(45(37,41)42)8-6-10-31(39)34(5)17-15-26(34)20-38-21-35(16-7-9-24-18-27(36)12-13-28(24)35)22-43-30-14-11-25(19-29(30)38)32(40)44-33(2,3)4/h6,10-14,18-19,23,26,31,39H,7-9,15-17,20-22H2,1-5H3,(H2,37,41,42)/b10-6+/t23-,26+,31+,34-,35?/m1/s1. The van der Waals surface area contributed by atoms with E-state index in [2.05, 4.69) is 24.0 Å². The van der Waals surface area contributed by atoms with Crippen LogP contribution in [0.15, 0.2) is 48.6 Å². The number of aliphatic hydroxyl groups excluding tert-OH is 1. The van der Waals surface area contributed by atoms with Crippen molar-refractivity contribution in [3.05, 3.63) is 70.3 Å². The molecule has 5 atom stereocenters. The van der Waals surface area contributed by atoms with E-state index in [4.69, 9.17) is 26.2 Å². The molecule has 0 aromatic heterocycles. The minimum Gasteiger partial charge on any atom is -0.490 e. The van der Waals surface area contributed by atoms with Crippen LogP contribution in [0.5, 0.6) is 5.75 Å². The molecule has 1 aliphatic heterocycles. The van der Waals surface area contributed by atoms with E-state index in [-0.39, 0.29) is 23.7 Å². The molecule has 1 unspecified atom stereocenters. The monoisotopic (exact) mass is 658 g/mol. The number of hydrogen-bond donors (Lipinski definition) is 2. The molecule has 1 saturated carbocycles. The van der Waals surface area contributed by atoms with Crippen molar-refractivity contribution in [3.8, 4) is 5.75 Å². The number of aliphatic hydroxyl groups is 1. The fourth-order valence-electron chi connectivity index (χ4n) is 7.09. The Morgan fingerprint density at radius 1 is 1.24 bits per heavy atom. The summed E-state index contributed by atoms with van der Waals surface area (Å²) in [6.45, 7) is 11.1. The zero-order valence-corrected chi connectivity index (χ0v) is 28.6. The zero-order valence-electron chi connectivity index (χ0n) is 27.0. The van der Waals surface area contributed by atoms with Crippen molar-refractivity contribution in [2.24, 2.45) is 16.5 Å². The van der Waals surface area contributed by atoms with E-state index in [1.165, 1.54) is 11.1 Å². The fourth-order valence-corrected chi connectivity index (χ4v) is 7.66. The number of carbonyl (C=O) groups is 1. The Kier molecular flexibility index (Phi) is 9.41. The summed E-state index contributed by atoms with van der Waals surface area (Å²) in [6.07, 6.45) is 7.67. The number of carbonyl (C=O) groups excluding carboxylic acids is 1. The van der Waals surface area contributed by atoms with E-state index in [1.54, 1.807) is 25.1 Å². The molecule has 2 aliphatic carbocycles. The Morgan fingerprint density at radius 2 is 2.00 bits per heavy atom. The number of allylic oxidation sites excluding steroid dienone is 1. The van der Waals surface area contributed by atoms with Crippen LogP contribution < -0.4 is 14.8 Å². The van der Waals surface area contributed by atoms with Gasteiger partial charge in [-0.15, -0.1) is 0 Å². The SMILES string of the molecule is C[C@H](C/C=C/[C@H](O)[C@]1(C)CC[C@H]1CN1CC2(CCCc3cc(Cl)ccc32)COc2ccc(C(=O)OC(C)(C)C)cc21)S(N)(=O)=O. The van der Waals surface area contributed by atoms with Gasteiger partial charge in [0.15, 0.2) is 0 Å². The van der Waals surface area contributed by atoms with Crippen molar-refractivity contribution in [1.82, 2.24) is 0 Å². The largest absolute Gasteiger partial charge is 0.490 e. The number of ether oxygens (including phenoxy) is 2. The Balaban J connectivity index is 1.47. The molecule has 3 N–H and O–H groups in total. The average molecular weight is 659 g/mol. The first-order valence-electron chi connectivity index (χ1n) is 15.9. The van der Waals surface area contributed by atoms with E-state index in [0.29, 0.717) is 25.3 Å². The third kappa shape index (κ3) is 7.22. The van der Waals surface area contributed by atoms with E-state index < -0.39 is 32.4 Å². The smallest absolute Gasteiger partial charge is 0.338 e. The molecule has 2 aromatic rings. The Labute approximate surface area is 273 Å². The molecule has 5 rings (SSSR count). The molecule has 1 heterocycles. The highest BCUT2D eigenvalue weighted by atomic mass is 35.5. The van der Waals surface area contributed by atoms with Gasteiger partial charge in [-0.05, 0) is 114 Å². The number of fused-ring (bicyclic) bond motifs is 3. The second-order valence-corrected chi connectivity index (χ2v) is 17.0. The third-order valence-corrected chi connectivity index (χ3v) is 11.6. The minimum atomic E-state index is -3.64. The molecule has 0 saturated heterocycles. The number of esters is 1. The molecule has 0 radical (unpaired) electrons. The molecule has 0 bridgehead atoms. The summed E-state index contributed by atoms with van der Waals surface area (Å²) in [5, 5.41) is 16.6. The third-order valence-electron chi connectivity index (χ3n) is 10.1. The molecule has 8 nitrogen and oxygen atoms in total. The molecule has 0 amide bonds. The van der Waals surface area contributed by atoms with Crippen molar-refractivity contribution in [2.45, 2.75) is 95.5 Å². The van der Waals surface area contributed by atoms with Gasteiger partial charge in [0.05, 0.1) is 29.2 Å². The molecular weight excluding hydrogens is 612 g/mol. The number of benzene rings is 2. The van der Waals surface area contributed by atoms with Gasteiger partial charge in [-0.25, -0.2) is 18.4 Å². The van der Waals surface area contributed by atoms with Gasteiger partial charge in [0.1, 0.15) is 11.4 Å². The quantitative estimate of drug-likeness (QED) is 0.257. The van der Waals surface area contributed by atoms with Crippen molar-refractivity contribution in [2.75, 3.05) is 24.6 Å². The minimum absolute atomic E-state index is 0.147. The molecule has 246 valence electrons. The number of halogens is 1. The highest BCUT2D eigenvalue weighted by Gasteiger charge is 2.49. The van der Waals surface area contributed by atoms with Gasteiger partial charge < -0.3 is 19.5 Å². The summed E-state index contributed by atoms with van der Waals surface area (Å²) in [4.78, 5) is 15.5. The maximum Gasteiger partial charge on any atom is 0.338 e. The Hall–Kier alpha value is -2.59. The molecule has 10 heteroatoms. The van der Waals surface area contributed by atoms with Crippen LogP contribution in [0.3, 0.4) is 0 Å². The van der Waals surface area contributed by atoms with Gasteiger partial charge in [0, 0.05) is 28.9 Å². The van der Waals surface area contributed by atoms with Gasteiger partial charge in [-0.3, -0.25) is 0 Å². The highest BCUT2D eigenvalue weighted by molar-refractivity contribution is 7.89. The second-order valence-electron chi connectivity index (χ2n) is 14.5. The molecule has 1 fully saturated rings. The lowest BCUT2D eigenvalue weighted by atomic mass is 9.58. The topological polar surface area (TPSA) is 119 Å². The molecule has 1 spiro atoms. The molecule has 45 heavy (non-hydrogen) atoms. The summed E-state index contributed by atoms with van der Waals surface area (Å²) in [5.74, 6) is 0.484. The van der Waals surface area contributed by atoms with Gasteiger partial charge in [0.2, 0.25) is 10.0 Å². The first-order valence-corrected chi connectivity index (χ1v) is 17.9. The van der Waals surface area contributed by atoms with Gasteiger partial charge in [0.25, 0.3) is 0 Å². The van der Waals surface area contributed by atoms with E-state index in [1.807, 2.05) is 39.0 Å². The van der Waals surface area contributed by atoms with Crippen molar-refractivity contribution >= 4 is 33.3 Å². The zero-order chi connectivity index (χ0) is 32.8. The van der Waals surface area contributed by atoms with E-state index >= 15 is 0 Å². The fraction of sp³-hybridized carbons (Fsp3) is 0.571. The lowest BCUT2D eigenvalue weighted by Crippen LogP contribution is -2.53. The predicted octanol–water partition coefficient (Wildman–Crippen LogP) is 6.17. The van der Waals surface area contributed by atoms with E-state index in [0.717, 1.165) is 48.6 Å². The summed E-state index contributed by atoms with van der Waals surface area (Å²) >= 11 is 6.41. The summed E-state index contributed by atoms with van der Waals surface area (Å²) in [6, 6.07) is 11.7. The maximum absolute atomic E-state index is 13.1. The lowest BCUT2D eigenvalue weighted by molar-refractivity contribution is -0.0469. The molecule has 3 aliphatic rings. The Bertz CT molecular complexity index is 1570. The number of primary sulfonamides is 1. The van der Waals surface area contributed by atoms with Crippen LogP contribution in [0.1, 0.15) is 88.2 Å². The second kappa shape index (κ2) is 12.5. The van der Waals surface area contributed by atoms with Crippen molar-refractivity contribution < 1.29 is 27.8 Å². The number of rotatable bonds is 8. The predicted molar refractivity (Wildman–Crippen MR) is 179 cm³/mol. The lowest BCUT2D eigenvalue weighted by Gasteiger charge is -2.52. The molecular formula is C35H47ClN2O6S. The first-order chi connectivity index (χ1) is 21.0. The Morgan fingerprint density at radius 3 is 2.67 bits per heavy atom. The van der Waals surface area contributed by atoms with Crippen LogP contribution in [0.25, 0.3) is 0 Å². The van der Waals surface area contributed by atoms with Crippen LogP contribution in [0.2, 0.25) is 5.02 Å². The van der Waals surface area contributed by atoms with Crippen LogP contribution in [0, 0.1) is 11.3 Å². The summed E-state index contributed by atoms with van der Waals surface area (Å²) < 4.78 is 35.6. The highest BCUT2D eigenvalue weighted by Crippen LogP contribution is 2.52. The van der Waals surface area contributed by atoms with Crippen molar-refractivity contribution in [1.29, 1.82) is 0 Å². The summed E-state index contributed by atoms with van der Waals surface area (Å²) in [7, 11) is -3.64. The normalized spacial score (nSPS) is 26.3. The number of aryl methyl sites for hydroxylation is 1. The number of anilines is 1. The number of nitrogens with zero attached hydrogens (tertiary/aromatic N) is 1. The number of sulfonamides is 1. The van der Waals surface area contributed by atoms with Crippen LogP contribution >= 0.6 is 11.6 Å². The van der Waals surface area contributed by atoms with Gasteiger partial charge in [-0.1, -0.05) is 36.7 Å². The van der Waals surface area contributed by atoms with Crippen LogP contribution in [-0.4, -0.2) is 56.1 Å². The number of hydrogen-bond acceptors (Lipinski definition) is 7. The maximum atomic E-state index is 13.1. The average Bonchev–Trinajstić information content (AvgIpc) is 3.10.